The molecule has 3 aromatic rings. The molecule has 2 aromatic heterocycles. The summed E-state index contributed by atoms with van der Waals surface area (Å²) >= 11 is 0. The van der Waals surface area contributed by atoms with Crippen molar-refractivity contribution in [2.45, 2.75) is 97.4 Å². The van der Waals surface area contributed by atoms with Gasteiger partial charge in [-0.3, -0.25) is 4.90 Å². The molecule has 270 valence electrons. The molecule has 14 heteroatoms. The van der Waals surface area contributed by atoms with Gasteiger partial charge < -0.3 is 24.0 Å². The van der Waals surface area contributed by atoms with Crippen LogP contribution in [0.3, 0.4) is 0 Å². The van der Waals surface area contributed by atoms with Crippen LogP contribution in [0, 0.1) is 6.92 Å². The predicted molar refractivity (Wildman–Crippen MR) is 181 cm³/mol. The number of aryl methyl sites for hydroxylation is 1. The van der Waals surface area contributed by atoms with Crippen LogP contribution in [0.2, 0.25) is 0 Å². The standard InChI is InChI=1S/C36H46F2N6O6/c1-22-19-44(33(47)50-35(5,6)7)30-29(22)40-27(18-39-30)24-16-23-8-11-42(31(45)41-12-9-36(37,38)10-13-41)20-26(23)25(17-24)28-21-48-15-14-43(28)32(46)49-34(2,3)4/h16-19,28H,8-15,20-21H2,1-7H3. The molecule has 50 heavy (non-hydrogen) atoms. The number of piperidine rings is 1. The lowest BCUT2D eigenvalue weighted by Crippen LogP contribution is -2.50. The number of hydrogen-bond donors (Lipinski definition) is 0. The molecule has 0 spiro atoms. The quantitative estimate of drug-likeness (QED) is 0.290. The van der Waals surface area contributed by atoms with E-state index in [4.69, 9.17) is 19.2 Å². The number of carbonyl (C=O) groups excluding carboxylic acids is 3. The molecule has 3 amide bonds. The number of morpholine rings is 1. The lowest BCUT2D eigenvalue weighted by molar-refractivity contribution is -0.0495. The first-order valence-corrected chi connectivity index (χ1v) is 17.1. The maximum atomic E-state index is 13.9. The second kappa shape index (κ2) is 13.1. The molecule has 3 aliphatic heterocycles. The Morgan fingerprint density at radius 2 is 1.62 bits per heavy atom. The Bertz CT molecular complexity index is 1800. The second-order valence-electron chi connectivity index (χ2n) is 15.4. The summed E-state index contributed by atoms with van der Waals surface area (Å²) in [6.07, 6.45) is 2.06. The van der Waals surface area contributed by atoms with E-state index in [1.807, 2.05) is 39.8 Å². The summed E-state index contributed by atoms with van der Waals surface area (Å²) in [6.45, 7) is 14.2. The first-order valence-electron chi connectivity index (χ1n) is 17.1. The SMILES string of the molecule is Cc1cn(C(=O)OC(C)(C)C)c2ncc(-c3cc4c(c(C5COCCN5C(=O)OC(C)(C)C)c3)CN(C(=O)N3CCC(F)(F)CC3)CC4)nc12. The molecule has 2 saturated heterocycles. The highest BCUT2D eigenvalue weighted by Gasteiger charge is 2.39. The Morgan fingerprint density at radius 1 is 0.940 bits per heavy atom. The minimum Gasteiger partial charge on any atom is -0.444 e. The van der Waals surface area contributed by atoms with Gasteiger partial charge >= 0.3 is 18.2 Å². The van der Waals surface area contributed by atoms with Gasteiger partial charge in [-0.15, -0.1) is 0 Å². The third-order valence-corrected chi connectivity index (χ3v) is 9.09. The van der Waals surface area contributed by atoms with E-state index in [2.05, 4.69) is 4.98 Å². The minimum absolute atomic E-state index is 0.0000885. The molecule has 0 saturated carbocycles. The number of benzene rings is 1. The van der Waals surface area contributed by atoms with E-state index in [1.165, 1.54) is 9.47 Å². The van der Waals surface area contributed by atoms with E-state index in [0.717, 1.165) is 27.8 Å². The van der Waals surface area contributed by atoms with Crippen LogP contribution in [-0.4, -0.2) is 104 Å². The number of likely N-dealkylation sites (tertiary alicyclic amines) is 1. The van der Waals surface area contributed by atoms with Gasteiger partial charge in [0.2, 0.25) is 0 Å². The average molecular weight is 697 g/mol. The monoisotopic (exact) mass is 696 g/mol. The molecule has 2 fully saturated rings. The normalized spacial score (nSPS) is 19.7. The number of alkyl halides is 2. The number of carbonyl (C=O) groups is 3. The summed E-state index contributed by atoms with van der Waals surface area (Å²) in [7, 11) is 0. The van der Waals surface area contributed by atoms with Crippen molar-refractivity contribution in [2.75, 3.05) is 39.4 Å². The zero-order valence-electron chi connectivity index (χ0n) is 29.8. The van der Waals surface area contributed by atoms with E-state index in [9.17, 15) is 23.2 Å². The van der Waals surface area contributed by atoms with Crippen molar-refractivity contribution in [1.82, 2.24) is 29.2 Å². The van der Waals surface area contributed by atoms with Crippen molar-refractivity contribution in [1.29, 1.82) is 0 Å². The summed E-state index contributed by atoms with van der Waals surface area (Å²) in [5.74, 6) is -2.76. The molecule has 0 bridgehead atoms. The number of nitrogens with zero attached hydrogens (tertiary/aromatic N) is 6. The highest BCUT2D eigenvalue weighted by atomic mass is 19.3. The highest BCUT2D eigenvalue weighted by molar-refractivity contribution is 5.88. The van der Waals surface area contributed by atoms with Gasteiger partial charge in [0.1, 0.15) is 16.7 Å². The number of halogens is 2. The second-order valence-corrected chi connectivity index (χ2v) is 15.4. The first kappa shape index (κ1) is 35.5. The van der Waals surface area contributed by atoms with E-state index < -0.39 is 35.4 Å². The summed E-state index contributed by atoms with van der Waals surface area (Å²) in [4.78, 5) is 54.5. The summed E-state index contributed by atoms with van der Waals surface area (Å²) < 4.78 is 46.4. The van der Waals surface area contributed by atoms with Crippen LogP contribution in [0.15, 0.2) is 24.5 Å². The number of urea groups is 1. The third kappa shape index (κ3) is 7.54. The van der Waals surface area contributed by atoms with Crippen LogP contribution in [0.1, 0.15) is 82.7 Å². The number of aromatic nitrogens is 3. The van der Waals surface area contributed by atoms with Crippen LogP contribution in [0.25, 0.3) is 22.4 Å². The maximum absolute atomic E-state index is 13.9. The Hall–Kier alpha value is -4.33. The molecule has 0 N–H and O–H groups in total. The summed E-state index contributed by atoms with van der Waals surface area (Å²) in [5.41, 5.74) is 4.24. The molecule has 1 aromatic carbocycles. The molecule has 6 rings (SSSR count). The van der Waals surface area contributed by atoms with Crippen molar-refractivity contribution in [2.24, 2.45) is 0 Å². The number of rotatable bonds is 2. The van der Waals surface area contributed by atoms with Crippen LogP contribution < -0.4 is 0 Å². The Balaban J connectivity index is 1.39. The minimum atomic E-state index is -2.76. The molecular weight excluding hydrogens is 650 g/mol. The summed E-state index contributed by atoms with van der Waals surface area (Å²) in [6, 6.07) is 3.19. The lowest BCUT2D eigenvalue weighted by Gasteiger charge is -2.41. The molecule has 1 unspecified atom stereocenters. The van der Waals surface area contributed by atoms with Gasteiger partial charge in [-0.25, -0.2) is 37.7 Å². The van der Waals surface area contributed by atoms with E-state index in [1.54, 1.807) is 43.0 Å². The van der Waals surface area contributed by atoms with Crippen LogP contribution in [0.5, 0.6) is 0 Å². The maximum Gasteiger partial charge on any atom is 0.420 e. The highest BCUT2D eigenvalue weighted by Crippen LogP contribution is 2.38. The summed E-state index contributed by atoms with van der Waals surface area (Å²) in [5, 5.41) is 0. The molecule has 1 atom stereocenters. The van der Waals surface area contributed by atoms with Crippen LogP contribution in [-0.2, 0) is 27.2 Å². The number of fused-ring (bicyclic) bond motifs is 2. The van der Waals surface area contributed by atoms with E-state index >= 15 is 0 Å². The molecular formula is C36H46F2N6O6. The molecule has 0 radical (unpaired) electrons. The average Bonchev–Trinajstić information content (AvgIpc) is 3.38. The van der Waals surface area contributed by atoms with E-state index in [-0.39, 0.29) is 45.1 Å². The first-order chi connectivity index (χ1) is 23.4. The number of amides is 3. The van der Waals surface area contributed by atoms with Crippen LogP contribution >= 0.6 is 0 Å². The topological polar surface area (TPSA) is 119 Å². The smallest absolute Gasteiger partial charge is 0.420 e. The molecule has 12 nitrogen and oxygen atoms in total. The Morgan fingerprint density at radius 3 is 2.30 bits per heavy atom. The molecule has 5 heterocycles. The van der Waals surface area contributed by atoms with Crippen molar-refractivity contribution in [3.8, 4) is 11.3 Å². The van der Waals surface area contributed by atoms with Gasteiger partial charge in [0.15, 0.2) is 5.65 Å². The fourth-order valence-electron chi connectivity index (χ4n) is 6.66. The van der Waals surface area contributed by atoms with Gasteiger partial charge in [0, 0.05) is 57.3 Å². The Labute approximate surface area is 290 Å². The van der Waals surface area contributed by atoms with Crippen LogP contribution in [0.4, 0.5) is 23.2 Å². The number of ether oxygens (including phenoxy) is 3. The van der Waals surface area contributed by atoms with Gasteiger partial charge in [0.05, 0.1) is 31.1 Å². The van der Waals surface area contributed by atoms with Gasteiger partial charge in [-0.2, -0.15) is 0 Å². The predicted octanol–water partition coefficient (Wildman–Crippen LogP) is 6.71. The van der Waals surface area contributed by atoms with Crippen molar-refractivity contribution in [3.63, 3.8) is 0 Å². The fraction of sp³-hybridized carbons (Fsp3) is 0.583. The van der Waals surface area contributed by atoms with Crippen molar-refractivity contribution >= 4 is 29.4 Å². The fourth-order valence-corrected chi connectivity index (χ4v) is 6.66. The van der Waals surface area contributed by atoms with Crippen molar-refractivity contribution in [3.05, 3.63) is 46.8 Å². The van der Waals surface area contributed by atoms with Gasteiger partial charge in [-0.1, -0.05) is 0 Å². The van der Waals surface area contributed by atoms with Crippen molar-refractivity contribution < 1.29 is 37.4 Å². The molecule has 3 aliphatic rings. The van der Waals surface area contributed by atoms with Gasteiger partial charge in [0.25, 0.3) is 5.92 Å². The zero-order chi connectivity index (χ0) is 36.2. The largest absolute Gasteiger partial charge is 0.444 e. The third-order valence-electron chi connectivity index (χ3n) is 9.09. The molecule has 0 aliphatic carbocycles. The van der Waals surface area contributed by atoms with E-state index in [0.29, 0.717) is 43.0 Å². The zero-order valence-corrected chi connectivity index (χ0v) is 29.8. The number of hydrogen-bond acceptors (Lipinski definition) is 8. The lowest BCUT2D eigenvalue weighted by atomic mass is 9.87. The Kier molecular flexibility index (Phi) is 9.29. The van der Waals surface area contributed by atoms with Gasteiger partial charge in [-0.05, 0) is 89.3 Å².